The summed E-state index contributed by atoms with van der Waals surface area (Å²) in [6, 6.07) is 18.2. The highest BCUT2D eigenvalue weighted by molar-refractivity contribution is 6.76. The standard InChI is InChI=1S/C20H26O4Si/c1-25(2,3)13-12-22-20(21)16-24-19-11-7-10-18(14-19)23-15-17-8-5-4-6-9-17/h4-11,14H,12-13,15-16H2,1-3H3. The van der Waals surface area contributed by atoms with Crippen LogP contribution in [0, 0.1) is 0 Å². The van der Waals surface area contributed by atoms with Gasteiger partial charge in [-0.1, -0.05) is 56.0 Å². The third-order valence-electron chi connectivity index (χ3n) is 3.53. The van der Waals surface area contributed by atoms with Crippen LogP contribution in [-0.2, 0) is 16.1 Å². The molecule has 134 valence electrons. The van der Waals surface area contributed by atoms with Crippen molar-refractivity contribution < 1.29 is 19.0 Å². The molecule has 0 amide bonds. The molecule has 0 N–H and O–H groups in total. The summed E-state index contributed by atoms with van der Waals surface area (Å²) in [6.45, 7) is 7.61. The van der Waals surface area contributed by atoms with Gasteiger partial charge in [-0.2, -0.15) is 0 Å². The van der Waals surface area contributed by atoms with Gasteiger partial charge < -0.3 is 14.2 Å². The smallest absolute Gasteiger partial charge is 0.344 e. The zero-order chi connectivity index (χ0) is 18.1. The van der Waals surface area contributed by atoms with Gasteiger partial charge in [0.2, 0.25) is 0 Å². The summed E-state index contributed by atoms with van der Waals surface area (Å²) in [4.78, 5) is 11.7. The number of benzene rings is 2. The van der Waals surface area contributed by atoms with Crippen molar-refractivity contribution in [2.24, 2.45) is 0 Å². The van der Waals surface area contributed by atoms with Crippen LogP contribution in [0.2, 0.25) is 25.7 Å². The second-order valence-corrected chi connectivity index (χ2v) is 12.7. The van der Waals surface area contributed by atoms with E-state index in [-0.39, 0.29) is 12.6 Å². The van der Waals surface area contributed by atoms with Gasteiger partial charge in [0.15, 0.2) is 6.61 Å². The third-order valence-corrected chi connectivity index (χ3v) is 5.23. The summed E-state index contributed by atoms with van der Waals surface area (Å²) in [5, 5.41) is 0. The summed E-state index contributed by atoms with van der Waals surface area (Å²) in [5.41, 5.74) is 1.10. The number of rotatable bonds is 9. The lowest BCUT2D eigenvalue weighted by Gasteiger charge is -2.15. The van der Waals surface area contributed by atoms with Crippen LogP contribution in [0.15, 0.2) is 54.6 Å². The molecular weight excluding hydrogens is 332 g/mol. The summed E-state index contributed by atoms with van der Waals surface area (Å²) < 4.78 is 16.5. The Morgan fingerprint density at radius 1 is 0.920 bits per heavy atom. The Bertz CT molecular complexity index is 665. The molecule has 2 aromatic carbocycles. The Morgan fingerprint density at radius 3 is 2.28 bits per heavy atom. The second kappa shape index (κ2) is 9.27. The molecule has 0 saturated heterocycles. The van der Waals surface area contributed by atoms with E-state index in [0.29, 0.717) is 24.7 Å². The highest BCUT2D eigenvalue weighted by Gasteiger charge is 2.14. The van der Waals surface area contributed by atoms with E-state index in [4.69, 9.17) is 14.2 Å². The summed E-state index contributed by atoms with van der Waals surface area (Å²) >= 11 is 0. The van der Waals surface area contributed by atoms with E-state index < -0.39 is 8.07 Å². The molecule has 0 aliphatic heterocycles. The van der Waals surface area contributed by atoms with Crippen LogP contribution in [0.4, 0.5) is 0 Å². The Morgan fingerprint density at radius 2 is 1.60 bits per heavy atom. The average Bonchev–Trinajstić information content (AvgIpc) is 2.58. The van der Waals surface area contributed by atoms with E-state index in [0.717, 1.165) is 11.6 Å². The van der Waals surface area contributed by atoms with Crippen LogP contribution >= 0.6 is 0 Å². The molecule has 0 heterocycles. The lowest BCUT2D eigenvalue weighted by molar-refractivity contribution is -0.145. The van der Waals surface area contributed by atoms with Crippen molar-refractivity contribution in [2.45, 2.75) is 32.3 Å². The van der Waals surface area contributed by atoms with Crippen LogP contribution in [-0.4, -0.2) is 27.3 Å². The normalized spacial score (nSPS) is 11.0. The SMILES string of the molecule is C[Si](C)(C)CCOC(=O)COc1cccc(OCc2ccccc2)c1. The number of carbonyl (C=O) groups excluding carboxylic acids is 1. The zero-order valence-electron chi connectivity index (χ0n) is 15.2. The first-order valence-electron chi connectivity index (χ1n) is 8.48. The minimum absolute atomic E-state index is 0.0894. The monoisotopic (exact) mass is 358 g/mol. The van der Waals surface area contributed by atoms with Crippen molar-refractivity contribution in [3.05, 3.63) is 60.2 Å². The molecule has 0 aromatic heterocycles. The molecule has 0 fully saturated rings. The maximum atomic E-state index is 11.7. The van der Waals surface area contributed by atoms with Crippen molar-refractivity contribution in [3.8, 4) is 11.5 Å². The Hall–Kier alpha value is -2.27. The van der Waals surface area contributed by atoms with Gasteiger partial charge in [0.25, 0.3) is 0 Å². The fourth-order valence-corrected chi connectivity index (χ4v) is 2.76. The number of hydrogen-bond acceptors (Lipinski definition) is 4. The quantitative estimate of drug-likeness (QED) is 0.488. The lowest BCUT2D eigenvalue weighted by atomic mass is 10.2. The minimum atomic E-state index is -1.19. The summed E-state index contributed by atoms with van der Waals surface area (Å²) in [6.07, 6.45) is 0. The van der Waals surface area contributed by atoms with Gasteiger partial charge in [-0.05, 0) is 23.7 Å². The first-order valence-corrected chi connectivity index (χ1v) is 12.2. The largest absolute Gasteiger partial charge is 0.489 e. The lowest BCUT2D eigenvalue weighted by Crippen LogP contribution is -2.24. The van der Waals surface area contributed by atoms with E-state index in [1.165, 1.54) is 0 Å². The number of carbonyl (C=O) groups is 1. The molecule has 4 nitrogen and oxygen atoms in total. The van der Waals surface area contributed by atoms with Gasteiger partial charge in [0, 0.05) is 14.1 Å². The highest BCUT2D eigenvalue weighted by atomic mass is 28.3. The molecule has 25 heavy (non-hydrogen) atoms. The van der Waals surface area contributed by atoms with E-state index in [2.05, 4.69) is 19.6 Å². The maximum absolute atomic E-state index is 11.7. The number of hydrogen-bond donors (Lipinski definition) is 0. The third kappa shape index (κ3) is 7.89. The molecular formula is C20H26O4Si. The van der Waals surface area contributed by atoms with Gasteiger partial charge in [-0.15, -0.1) is 0 Å². The maximum Gasteiger partial charge on any atom is 0.344 e. The predicted octanol–water partition coefficient (Wildman–Crippen LogP) is 4.53. The van der Waals surface area contributed by atoms with Gasteiger partial charge in [0.1, 0.15) is 18.1 Å². The molecule has 0 bridgehead atoms. The van der Waals surface area contributed by atoms with Crippen molar-refractivity contribution in [1.29, 1.82) is 0 Å². The van der Waals surface area contributed by atoms with E-state index in [9.17, 15) is 4.79 Å². The number of esters is 1. The van der Waals surface area contributed by atoms with Crippen LogP contribution in [0.1, 0.15) is 5.56 Å². The molecule has 0 aliphatic carbocycles. The summed E-state index contributed by atoms with van der Waals surface area (Å²) in [5.74, 6) is 0.954. The van der Waals surface area contributed by atoms with Gasteiger partial charge in [-0.3, -0.25) is 0 Å². The van der Waals surface area contributed by atoms with Gasteiger partial charge in [-0.25, -0.2) is 4.79 Å². The van der Waals surface area contributed by atoms with Crippen LogP contribution in [0.5, 0.6) is 11.5 Å². The van der Waals surface area contributed by atoms with E-state index in [1.807, 2.05) is 42.5 Å². The second-order valence-electron chi connectivity index (χ2n) is 7.07. The Balaban J connectivity index is 1.76. The highest BCUT2D eigenvalue weighted by Crippen LogP contribution is 2.20. The first-order chi connectivity index (χ1) is 11.9. The zero-order valence-corrected chi connectivity index (χ0v) is 16.2. The average molecular weight is 359 g/mol. The fraction of sp³-hybridized carbons (Fsp3) is 0.350. The van der Waals surface area contributed by atoms with Gasteiger partial charge >= 0.3 is 5.97 Å². The topological polar surface area (TPSA) is 44.8 Å². The van der Waals surface area contributed by atoms with E-state index >= 15 is 0 Å². The van der Waals surface area contributed by atoms with Crippen molar-refractivity contribution in [2.75, 3.05) is 13.2 Å². The van der Waals surface area contributed by atoms with Crippen molar-refractivity contribution in [1.82, 2.24) is 0 Å². The number of ether oxygens (including phenoxy) is 3. The molecule has 0 unspecified atom stereocenters. The van der Waals surface area contributed by atoms with Crippen LogP contribution in [0.25, 0.3) is 0 Å². The van der Waals surface area contributed by atoms with Crippen molar-refractivity contribution >= 4 is 14.0 Å². The molecule has 5 heteroatoms. The first kappa shape index (κ1) is 19.1. The predicted molar refractivity (Wildman–Crippen MR) is 102 cm³/mol. The van der Waals surface area contributed by atoms with Crippen LogP contribution < -0.4 is 9.47 Å². The molecule has 0 spiro atoms. The molecule has 2 rings (SSSR count). The molecule has 2 aromatic rings. The Kier molecular flexibility index (Phi) is 7.07. The van der Waals surface area contributed by atoms with Gasteiger partial charge in [0.05, 0.1) is 6.61 Å². The molecule has 0 atom stereocenters. The fourth-order valence-electron chi connectivity index (χ4n) is 2.05. The molecule has 0 saturated carbocycles. The van der Waals surface area contributed by atoms with Crippen LogP contribution in [0.3, 0.4) is 0 Å². The van der Waals surface area contributed by atoms with E-state index in [1.54, 1.807) is 12.1 Å². The van der Waals surface area contributed by atoms with Crippen molar-refractivity contribution in [3.63, 3.8) is 0 Å². The molecule has 0 radical (unpaired) electrons. The molecule has 0 aliphatic rings. The summed E-state index contributed by atoms with van der Waals surface area (Å²) in [7, 11) is -1.19. The Labute approximate surface area is 150 Å². The minimum Gasteiger partial charge on any atom is -0.489 e.